The van der Waals surface area contributed by atoms with Crippen molar-refractivity contribution in [2.75, 3.05) is 6.54 Å². The maximum absolute atomic E-state index is 12.4. The van der Waals surface area contributed by atoms with E-state index in [4.69, 9.17) is 32.4 Å². The molecule has 0 spiro atoms. The van der Waals surface area contributed by atoms with E-state index in [9.17, 15) is 14.4 Å². The van der Waals surface area contributed by atoms with Crippen molar-refractivity contribution in [2.45, 2.75) is 20.0 Å². The first kappa shape index (κ1) is 20.5. The van der Waals surface area contributed by atoms with E-state index in [0.29, 0.717) is 27.1 Å². The molecule has 3 rings (SSSR count). The van der Waals surface area contributed by atoms with Gasteiger partial charge in [-0.15, -0.1) is 0 Å². The Morgan fingerprint density at radius 3 is 2.71 bits per heavy atom. The third kappa shape index (κ3) is 4.60. The Morgan fingerprint density at radius 1 is 1.25 bits per heavy atom. The summed E-state index contributed by atoms with van der Waals surface area (Å²) in [5.41, 5.74) is 0.610. The Kier molecular flexibility index (Phi) is 6.17. The minimum Gasteiger partial charge on any atom is -0.462 e. The Hall–Kier alpha value is -2.22. The van der Waals surface area contributed by atoms with Crippen molar-refractivity contribution in [3.8, 4) is 11.3 Å². The number of benzene rings is 1. The molecule has 1 saturated heterocycles. The molecule has 0 saturated carbocycles. The van der Waals surface area contributed by atoms with Crippen molar-refractivity contribution in [3.63, 3.8) is 0 Å². The van der Waals surface area contributed by atoms with Crippen LogP contribution in [0.4, 0.5) is 4.79 Å². The number of carbonyl (C=O) groups excluding carboxylic acids is 3. The van der Waals surface area contributed by atoms with Gasteiger partial charge in [0.25, 0.3) is 11.1 Å². The number of amides is 2. The molecule has 0 aliphatic carbocycles. The van der Waals surface area contributed by atoms with Gasteiger partial charge in [-0.1, -0.05) is 23.2 Å². The van der Waals surface area contributed by atoms with Gasteiger partial charge in [-0.25, -0.2) is 0 Å². The van der Waals surface area contributed by atoms with Crippen LogP contribution < -0.4 is 0 Å². The topological polar surface area (TPSA) is 76.8 Å². The van der Waals surface area contributed by atoms with Crippen molar-refractivity contribution >= 4 is 58.2 Å². The number of carbonyl (C=O) groups is 3. The van der Waals surface area contributed by atoms with Gasteiger partial charge in [-0.05, 0) is 55.9 Å². The molecule has 6 nitrogen and oxygen atoms in total. The van der Waals surface area contributed by atoms with Gasteiger partial charge in [0.1, 0.15) is 18.1 Å². The van der Waals surface area contributed by atoms with Gasteiger partial charge in [-0.2, -0.15) is 0 Å². The third-order valence-corrected chi connectivity index (χ3v) is 5.09. The molecule has 0 atom stereocenters. The summed E-state index contributed by atoms with van der Waals surface area (Å²) in [6, 6.07) is 8.32. The summed E-state index contributed by atoms with van der Waals surface area (Å²) >= 11 is 12.9. The van der Waals surface area contributed by atoms with E-state index in [1.165, 1.54) is 6.08 Å². The van der Waals surface area contributed by atoms with Crippen LogP contribution in [0.1, 0.15) is 19.6 Å². The summed E-state index contributed by atoms with van der Waals surface area (Å²) in [5.74, 6) is -0.385. The number of imide groups is 1. The van der Waals surface area contributed by atoms with Crippen molar-refractivity contribution < 1.29 is 23.5 Å². The fraction of sp³-hybridized carbons (Fsp3) is 0.211. The molecule has 28 heavy (non-hydrogen) atoms. The summed E-state index contributed by atoms with van der Waals surface area (Å²) in [4.78, 5) is 37.3. The summed E-state index contributed by atoms with van der Waals surface area (Å²) in [6.07, 6.45) is 1.11. The molecular formula is C19H15Cl2NO5S. The molecule has 9 heteroatoms. The maximum Gasteiger partial charge on any atom is 0.326 e. The van der Waals surface area contributed by atoms with E-state index in [-0.39, 0.29) is 11.0 Å². The minimum absolute atomic E-state index is 0.153. The second-order valence-electron chi connectivity index (χ2n) is 6.13. The monoisotopic (exact) mass is 439 g/mol. The summed E-state index contributed by atoms with van der Waals surface area (Å²) in [6.45, 7) is 2.94. The second kappa shape index (κ2) is 8.43. The van der Waals surface area contributed by atoms with Crippen LogP contribution in [0.5, 0.6) is 0 Å². The SMILES string of the molecule is CC(C)OC(=O)CN1C(=O)S/C(=C\c2ccc(-c3cc(Cl)ccc3Cl)o2)C1=O. The molecule has 146 valence electrons. The average molecular weight is 440 g/mol. The first-order valence-electron chi connectivity index (χ1n) is 8.24. The van der Waals surface area contributed by atoms with Crippen molar-refractivity contribution in [1.29, 1.82) is 0 Å². The fourth-order valence-electron chi connectivity index (χ4n) is 2.46. The summed E-state index contributed by atoms with van der Waals surface area (Å²) < 4.78 is 10.7. The van der Waals surface area contributed by atoms with Gasteiger partial charge in [0.2, 0.25) is 0 Å². The number of ether oxygens (including phenoxy) is 1. The van der Waals surface area contributed by atoms with Crippen LogP contribution >= 0.6 is 35.0 Å². The van der Waals surface area contributed by atoms with Gasteiger partial charge >= 0.3 is 5.97 Å². The molecule has 0 unspecified atom stereocenters. The lowest BCUT2D eigenvalue weighted by molar-refractivity contribution is -0.149. The predicted molar refractivity (Wildman–Crippen MR) is 108 cm³/mol. The molecule has 1 aliphatic rings. The normalized spacial score (nSPS) is 15.8. The summed E-state index contributed by atoms with van der Waals surface area (Å²) in [7, 11) is 0. The first-order chi connectivity index (χ1) is 13.2. The quantitative estimate of drug-likeness (QED) is 0.468. The van der Waals surface area contributed by atoms with E-state index in [0.717, 1.165) is 16.7 Å². The standard InChI is InChI=1S/C19H15Cl2NO5S/c1-10(2)26-17(23)9-22-18(24)16(28-19(22)25)8-12-4-6-15(27-12)13-7-11(20)3-5-14(13)21/h3-8,10H,9H2,1-2H3/b16-8-. The number of furan rings is 1. The largest absolute Gasteiger partial charge is 0.462 e. The van der Waals surface area contributed by atoms with E-state index in [1.54, 1.807) is 44.2 Å². The van der Waals surface area contributed by atoms with Crippen LogP contribution in [0.15, 0.2) is 39.7 Å². The number of esters is 1. The highest BCUT2D eigenvalue weighted by molar-refractivity contribution is 8.18. The maximum atomic E-state index is 12.4. The molecule has 1 aliphatic heterocycles. The molecule has 0 bridgehead atoms. The van der Waals surface area contributed by atoms with Gasteiger partial charge in [-0.3, -0.25) is 19.3 Å². The van der Waals surface area contributed by atoms with E-state index in [2.05, 4.69) is 0 Å². The van der Waals surface area contributed by atoms with Crippen molar-refractivity contribution in [3.05, 3.63) is 51.0 Å². The zero-order valence-corrected chi connectivity index (χ0v) is 17.2. The number of halogens is 2. The predicted octanol–water partition coefficient (Wildman–Crippen LogP) is 5.24. The van der Waals surface area contributed by atoms with Crippen LogP contribution in [0, 0.1) is 0 Å². The van der Waals surface area contributed by atoms with Crippen LogP contribution in [-0.2, 0) is 14.3 Å². The lowest BCUT2D eigenvalue weighted by Crippen LogP contribution is -2.35. The minimum atomic E-state index is -0.644. The molecule has 0 N–H and O–H groups in total. The molecule has 1 fully saturated rings. The Bertz CT molecular complexity index is 982. The number of thioether (sulfide) groups is 1. The van der Waals surface area contributed by atoms with Gasteiger partial charge in [0, 0.05) is 16.7 Å². The van der Waals surface area contributed by atoms with Crippen LogP contribution in [0.25, 0.3) is 17.4 Å². The lowest BCUT2D eigenvalue weighted by Gasteiger charge is -2.13. The highest BCUT2D eigenvalue weighted by Crippen LogP contribution is 2.35. The van der Waals surface area contributed by atoms with Crippen LogP contribution in [-0.4, -0.2) is 34.7 Å². The molecule has 2 heterocycles. The number of hydrogen-bond acceptors (Lipinski definition) is 6. The smallest absolute Gasteiger partial charge is 0.326 e. The Balaban J connectivity index is 1.78. The molecule has 0 radical (unpaired) electrons. The highest BCUT2D eigenvalue weighted by Gasteiger charge is 2.37. The Labute approximate surface area is 175 Å². The van der Waals surface area contributed by atoms with Crippen LogP contribution in [0.3, 0.4) is 0 Å². The van der Waals surface area contributed by atoms with Crippen molar-refractivity contribution in [1.82, 2.24) is 4.90 Å². The Morgan fingerprint density at radius 2 is 2.00 bits per heavy atom. The molecule has 2 aromatic rings. The average Bonchev–Trinajstić information content (AvgIpc) is 3.17. The number of hydrogen-bond donors (Lipinski definition) is 0. The highest BCUT2D eigenvalue weighted by atomic mass is 35.5. The van der Waals surface area contributed by atoms with E-state index in [1.807, 2.05) is 0 Å². The fourth-order valence-corrected chi connectivity index (χ4v) is 3.66. The summed E-state index contributed by atoms with van der Waals surface area (Å²) in [5, 5.41) is 0.433. The molecule has 1 aromatic heterocycles. The van der Waals surface area contributed by atoms with E-state index < -0.39 is 23.7 Å². The van der Waals surface area contributed by atoms with Gasteiger partial charge in [0.05, 0.1) is 16.0 Å². The number of rotatable bonds is 5. The molecular weight excluding hydrogens is 425 g/mol. The molecule has 2 amide bonds. The zero-order valence-electron chi connectivity index (χ0n) is 14.9. The van der Waals surface area contributed by atoms with Crippen LogP contribution in [0.2, 0.25) is 10.0 Å². The third-order valence-electron chi connectivity index (χ3n) is 3.62. The number of nitrogens with zero attached hydrogens (tertiary/aromatic N) is 1. The molecule has 1 aromatic carbocycles. The van der Waals surface area contributed by atoms with Gasteiger partial charge < -0.3 is 9.15 Å². The van der Waals surface area contributed by atoms with E-state index >= 15 is 0 Å². The van der Waals surface area contributed by atoms with Crippen molar-refractivity contribution in [2.24, 2.45) is 0 Å². The zero-order chi connectivity index (χ0) is 20.4. The lowest BCUT2D eigenvalue weighted by atomic mass is 10.2. The second-order valence-corrected chi connectivity index (χ2v) is 7.97. The first-order valence-corrected chi connectivity index (χ1v) is 9.82. The van der Waals surface area contributed by atoms with Gasteiger partial charge in [0.15, 0.2) is 0 Å².